The second-order valence-electron chi connectivity index (χ2n) is 7.09. The fourth-order valence-electron chi connectivity index (χ4n) is 1.83. The number of sulfone groups is 1. The molecule has 122 valence electrons. The molecule has 0 aromatic carbocycles. The van der Waals surface area contributed by atoms with Gasteiger partial charge in [-0.3, -0.25) is 0 Å². The Morgan fingerprint density at radius 1 is 1.27 bits per heavy atom. The number of imidazole rings is 1. The Bertz CT molecular complexity index is 780. The average molecular weight is 325 g/mol. The Balaban J connectivity index is 2.60. The van der Waals surface area contributed by atoms with Gasteiger partial charge in [0, 0.05) is 30.2 Å². The maximum atomic E-state index is 12.8. The predicted octanol–water partition coefficient (Wildman–Crippen LogP) is 2.02. The maximum absolute atomic E-state index is 12.8. The highest BCUT2D eigenvalue weighted by Gasteiger charge is 2.34. The molecule has 0 spiro atoms. The number of nitrogens with zero attached hydrogens (tertiary/aromatic N) is 2. The van der Waals surface area contributed by atoms with E-state index in [1.54, 1.807) is 49.8 Å². The van der Waals surface area contributed by atoms with E-state index >= 15 is 0 Å². The summed E-state index contributed by atoms with van der Waals surface area (Å²) in [4.78, 5) is 4.31. The summed E-state index contributed by atoms with van der Waals surface area (Å²) < 4.78 is 32.1. The number of hydrogen-bond donors (Lipinski definition) is 1. The molecule has 2 heterocycles. The quantitative estimate of drug-likeness (QED) is 0.929. The molecule has 0 fully saturated rings. The SMILES string of the molecule is CC(C)(N)COc1cc2nccn2cc1S(=O)(=O)C(C)(C)C. The monoisotopic (exact) mass is 325 g/mol. The van der Waals surface area contributed by atoms with Crippen LogP contribution in [0, 0.1) is 0 Å². The molecule has 0 saturated carbocycles. The molecule has 0 aliphatic rings. The third kappa shape index (κ3) is 3.25. The molecule has 7 heteroatoms. The fraction of sp³-hybridized carbons (Fsp3) is 0.533. The van der Waals surface area contributed by atoms with E-state index in [0.29, 0.717) is 5.65 Å². The van der Waals surface area contributed by atoms with Crippen molar-refractivity contribution in [1.82, 2.24) is 9.38 Å². The first-order chi connectivity index (χ1) is 9.92. The van der Waals surface area contributed by atoms with Gasteiger partial charge in [0.1, 0.15) is 22.9 Å². The van der Waals surface area contributed by atoms with E-state index in [0.717, 1.165) is 0 Å². The van der Waals surface area contributed by atoms with Crippen molar-refractivity contribution >= 4 is 15.5 Å². The van der Waals surface area contributed by atoms with Gasteiger partial charge in [-0.2, -0.15) is 0 Å². The minimum absolute atomic E-state index is 0.148. The number of fused-ring (bicyclic) bond motifs is 1. The van der Waals surface area contributed by atoms with Crippen LogP contribution in [0.4, 0.5) is 0 Å². The summed E-state index contributed by atoms with van der Waals surface area (Å²) in [5.41, 5.74) is 5.98. The number of aromatic nitrogens is 2. The molecule has 0 aliphatic heterocycles. The van der Waals surface area contributed by atoms with Gasteiger partial charge in [0.15, 0.2) is 9.84 Å². The van der Waals surface area contributed by atoms with Crippen LogP contribution in [-0.2, 0) is 9.84 Å². The maximum Gasteiger partial charge on any atom is 0.188 e. The molecule has 0 bridgehead atoms. The summed E-state index contributed by atoms with van der Waals surface area (Å²) in [6.45, 7) is 8.83. The number of ether oxygens (including phenoxy) is 1. The molecule has 0 radical (unpaired) electrons. The van der Waals surface area contributed by atoms with Gasteiger partial charge in [0.2, 0.25) is 0 Å². The van der Waals surface area contributed by atoms with Gasteiger partial charge in [-0.15, -0.1) is 0 Å². The molecule has 2 N–H and O–H groups in total. The van der Waals surface area contributed by atoms with Crippen LogP contribution in [0.3, 0.4) is 0 Å². The van der Waals surface area contributed by atoms with Crippen LogP contribution in [0.25, 0.3) is 5.65 Å². The lowest BCUT2D eigenvalue weighted by Gasteiger charge is -2.24. The summed E-state index contributed by atoms with van der Waals surface area (Å²) in [6, 6.07) is 1.63. The number of hydrogen-bond acceptors (Lipinski definition) is 5. The smallest absolute Gasteiger partial charge is 0.188 e. The highest BCUT2D eigenvalue weighted by Crippen LogP contribution is 2.33. The van der Waals surface area contributed by atoms with Crippen LogP contribution in [0.15, 0.2) is 29.6 Å². The summed E-state index contributed by atoms with van der Waals surface area (Å²) in [6.07, 6.45) is 4.86. The third-order valence-electron chi connectivity index (χ3n) is 3.15. The van der Waals surface area contributed by atoms with Crippen molar-refractivity contribution in [2.24, 2.45) is 5.73 Å². The van der Waals surface area contributed by atoms with Gasteiger partial charge in [-0.25, -0.2) is 13.4 Å². The molecule has 2 rings (SSSR count). The summed E-state index contributed by atoms with van der Waals surface area (Å²) >= 11 is 0. The second-order valence-corrected chi connectivity index (χ2v) is 9.76. The van der Waals surface area contributed by atoms with E-state index in [-0.39, 0.29) is 17.3 Å². The van der Waals surface area contributed by atoms with Gasteiger partial charge < -0.3 is 14.9 Å². The highest BCUT2D eigenvalue weighted by atomic mass is 32.2. The van der Waals surface area contributed by atoms with Gasteiger partial charge in [-0.1, -0.05) is 0 Å². The number of rotatable bonds is 4. The zero-order valence-electron chi connectivity index (χ0n) is 13.6. The largest absolute Gasteiger partial charge is 0.490 e. The molecule has 0 aliphatic carbocycles. The van der Waals surface area contributed by atoms with Crippen molar-refractivity contribution in [1.29, 1.82) is 0 Å². The minimum atomic E-state index is -3.56. The van der Waals surface area contributed by atoms with Crippen LogP contribution in [-0.4, -0.2) is 34.7 Å². The minimum Gasteiger partial charge on any atom is -0.490 e. The Hall–Kier alpha value is -1.60. The van der Waals surface area contributed by atoms with E-state index in [4.69, 9.17) is 10.5 Å². The Kier molecular flexibility index (Phi) is 3.99. The van der Waals surface area contributed by atoms with E-state index in [2.05, 4.69) is 4.98 Å². The molecule has 0 saturated heterocycles. The lowest BCUT2D eigenvalue weighted by atomic mass is 10.1. The molecule has 0 amide bonds. The van der Waals surface area contributed by atoms with E-state index in [1.165, 1.54) is 0 Å². The summed E-state index contributed by atoms with van der Waals surface area (Å²) in [5, 5.41) is 0. The van der Waals surface area contributed by atoms with Crippen molar-refractivity contribution in [3.8, 4) is 5.75 Å². The van der Waals surface area contributed by atoms with Crippen LogP contribution in [0.5, 0.6) is 5.75 Å². The molecule has 6 nitrogen and oxygen atoms in total. The molecule has 2 aromatic rings. The van der Waals surface area contributed by atoms with Crippen molar-refractivity contribution < 1.29 is 13.2 Å². The van der Waals surface area contributed by atoms with E-state index in [9.17, 15) is 8.42 Å². The topological polar surface area (TPSA) is 86.7 Å². The third-order valence-corrected chi connectivity index (χ3v) is 5.65. The molecule has 22 heavy (non-hydrogen) atoms. The van der Waals surface area contributed by atoms with Gasteiger partial charge in [0.05, 0.1) is 4.75 Å². The first-order valence-corrected chi connectivity index (χ1v) is 8.53. The van der Waals surface area contributed by atoms with E-state index in [1.807, 2.05) is 13.8 Å². The molecule has 2 aromatic heterocycles. The van der Waals surface area contributed by atoms with Crippen molar-refractivity contribution in [3.05, 3.63) is 24.7 Å². The van der Waals surface area contributed by atoms with E-state index < -0.39 is 20.1 Å². The molecule has 0 atom stereocenters. The molecular weight excluding hydrogens is 302 g/mol. The highest BCUT2D eigenvalue weighted by molar-refractivity contribution is 7.92. The Morgan fingerprint density at radius 2 is 1.91 bits per heavy atom. The first-order valence-electron chi connectivity index (χ1n) is 7.05. The Labute approximate surface area is 131 Å². The van der Waals surface area contributed by atoms with Gasteiger partial charge >= 0.3 is 0 Å². The zero-order chi connectivity index (χ0) is 16.8. The van der Waals surface area contributed by atoms with Gasteiger partial charge in [0.25, 0.3) is 0 Å². The summed E-state index contributed by atoms with van der Waals surface area (Å²) in [5.74, 6) is 0.284. The Morgan fingerprint density at radius 3 is 2.45 bits per heavy atom. The number of nitrogens with two attached hydrogens (primary N) is 1. The fourth-order valence-corrected chi connectivity index (χ4v) is 3.13. The van der Waals surface area contributed by atoms with Crippen molar-refractivity contribution in [2.45, 2.75) is 49.8 Å². The van der Waals surface area contributed by atoms with Gasteiger partial charge in [-0.05, 0) is 34.6 Å². The first kappa shape index (κ1) is 16.8. The number of pyridine rings is 1. The van der Waals surface area contributed by atoms with Crippen molar-refractivity contribution in [3.63, 3.8) is 0 Å². The van der Waals surface area contributed by atoms with Crippen LogP contribution in [0.1, 0.15) is 34.6 Å². The lowest BCUT2D eigenvalue weighted by Crippen LogP contribution is -2.39. The molecule has 0 unspecified atom stereocenters. The van der Waals surface area contributed by atoms with Crippen LogP contribution >= 0.6 is 0 Å². The normalized spacial score (nSPS) is 13.5. The predicted molar refractivity (Wildman–Crippen MR) is 85.9 cm³/mol. The average Bonchev–Trinajstić information content (AvgIpc) is 2.79. The molecular formula is C15H23N3O3S. The zero-order valence-corrected chi connectivity index (χ0v) is 14.4. The van der Waals surface area contributed by atoms with Crippen LogP contribution in [0.2, 0.25) is 0 Å². The van der Waals surface area contributed by atoms with Crippen LogP contribution < -0.4 is 10.5 Å². The van der Waals surface area contributed by atoms with Crippen molar-refractivity contribution in [2.75, 3.05) is 6.61 Å². The summed E-state index contributed by atoms with van der Waals surface area (Å²) in [7, 11) is -3.56. The standard InChI is InChI=1S/C15H23N3O3S/c1-14(2,3)22(19,20)12-9-18-7-6-17-13(18)8-11(12)21-10-15(4,5)16/h6-9H,10,16H2,1-5H3. The second kappa shape index (κ2) is 5.24. The lowest BCUT2D eigenvalue weighted by molar-refractivity contribution is 0.237.